The van der Waals surface area contributed by atoms with Gasteiger partial charge >= 0.3 is 6.03 Å². The first-order chi connectivity index (χ1) is 12.7. The molecule has 26 heavy (non-hydrogen) atoms. The first kappa shape index (κ1) is 17.1. The fourth-order valence-electron chi connectivity index (χ4n) is 4.68. The molecule has 2 fully saturated rings. The summed E-state index contributed by atoms with van der Waals surface area (Å²) in [7, 11) is 0. The number of ether oxygens (including phenoxy) is 1. The van der Waals surface area contributed by atoms with E-state index in [1.807, 2.05) is 18.2 Å². The van der Waals surface area contributed by atoms with Crippen LogP contribution in [0.1, 0.15) is 43.2 Å². The second-order valence-corrected chi connectivity index (χ2v) is 7.57. The number of hydrogen-bond acceptors (Lipinski definition) is 3. The average Bonchev–Trinajstić information content (AvgIpc) is 2.69. The van der Waals surface area contributed by atoms with Gasteiger partial charge in [0, 0.05) is 24.1 Å². The van der Waals surface area contributed by atoms with E-state index in [1.54, 1.807) is 4.90 Å². The third kappa shape index (κ3) is 2.99. The van der Waals surface area contributed by atoms with Gasteiger partial charge in [-0.3, -0.25) is 0 Å². The number of morpholine rings is 1. The summed E-state index contributed by atoms with van der Waals surface area (Å²) < 4.78 is 5.34. The van der Waals surface area contributed by atoms with Crippen LogP contribution in [0.2, 0.25) is 0 Å². The number of hydrogen-bond donors (Lipinski definition) is 1. The molecule has 1 saturated carbocycles. The summed E-state index contributed by atoms with van der Waals surface area (Å²) in [4.78, 5) is 14.6. The van der Waals surface area contributed by atoms with Gasteiger partial charge in [0.15, 0.2) is 0 Å². The highest BCUT2D eigenvalue weighted by Crippen LogP contribution is 2.50. The van der Waals surface area contributed by atoms with Gasteiger partial charge in [-0.15, -0.1) is 0 Å². The van der Waals surface area contributed by atoms with Gasteiger partial charge in [0.05, 0.1) is 30.6 Å². The number of urea groups is 1. The van der Waals surface area contributed by atoms with Gasteiger partial charge in [-0.2, -0.15) is 5.26 Å². The Morgan fingerprint density at radius 1 is 1.15 bits per heavy atom. The van der Waals surface area contributed by atoms with Gasteiger partial charge in [-0.25, -0.2) is 4.79 Å². The number of amides is 2. The van der Waals surface area contributed by atoms with Crippen molar-refractivity contribution >= 4 is 11.7 Å². The highest BCUT2D eigenvalue weighted by molar-refractivity contribution is 5.89. The van der Waals surface area contributed by atoms with E-state index >= 15 is 0 Å². The molecule has 1 N–H and O–H groups in total. The van der Waals surface area contributed by atoms with Crippen molar-refractivity contribution in [3.8, 4) is 6.07 Å². The van der Waals surface area contributed by atoms with Crippen LogP contribution in [0, 0.1) is 16.7 Å². The van der Waals surface area contributed by atoms with Crippen LogP contribution >= 0.6 is 0 Å². The minimum atomic E-state index is -0.126. The zero-order valence-corrected chi connectivity index (χ0v) is 15.1. The minimum absolute atomic E-state index is 0.116. The molecule has 1 saturated heterocycles. The lowest BCUT2D eigenvalue weighted by Crippen LogP contribution is -2.46. The summed E-state index contributed by atoms with van der Waals surface area (Å²) in [5.74, 6) is 0. The van der Waals surface area contributed by atoms with Crippen molar-refractivity contribution in [1.82, 2.24) is 10.2 Å². The van der Waals surface area contributed by atoms with E-state index in [1.165, 1.54) is 12.0 Å². The molecule has 1 spiro atoms. The predicted molar refractivity (Wildman–Crippen MR) is 99.1 cm³/mol. The standard InChI is InChI=1S/C21H25N3O2/c22-15-18-19(23-20(25)24-10-12-26-13-11-24)17-7-3-2-6-16(17)14-21(18)8-4-1-5-9-21/h2-3,6-7H,1,4-5,8-14H2,(H,23,25). The summed E-state index contributed by atoms with van der Waals surface area (Å²) in [6, 6.07) is 10.6. The van der Waals surface area contributed by atoms with E-state index in [0.29, 0.717) is 26.3 Å². The normalized spacial score (nSPS) is 21.9. The number of allylic oxidation sites excluding steroid dienone is 1. The molecule has 0 aromatic heterocycles. The number of carbonyl (C=O) groups is 1. The zero-order valence-electron chi connectivity index (χ0n) is 15.1. The molecule has 0 atom stereocenters. The van der Waals surface area contributed by atoms with E-state index < -0.39 is 0 Å². The number of benzene rings is 1. The van der Waals surface area contributed by atoms with Crippen LogP contribution in [0.3, 0.4) is 0 Å². The lowest BCUT2D eigenvalue weighted by Gasteiger charge is -2.42. The van der Waals surface area contributed by atoms with Gasteiger partial charge < -0.3 is 15.0 Å². The first-order valence-electron chi connectivity index (χ1n) is 9.60. The van der Waals surface area contributed by atoms with Crippen LogP contribution in [0.5, 0.6) is 0 Å². The number of nitriles is 1. The molecular formula is C21H25N3O2. The maximum absolute atomic E-state index is 12.8. The van der Waals surface area contributed by atoms with Crippen molar-refractivity contribution in [2.75, 3.05) is 26.3 Å². The summed E-state index contributed by atoms with van der Waals surface area (Å²) in [5.41, 5.74) is 3.63. The Labute approximate surface area is 154 Å². The van der Waals surface area contributed by atoms with Crippen LogP contribution in [-0.2, 0) is 11.2 Å². The molecule has 0 unspecified atom stereocenters. The minimum Gasteiger partial charge on any atom is -0.378 e. The van der Waals surface area contributed by atoms with Crippen molar-refractivity contribution < 1.29 is 9.53 Å². The van der Waals surface area contributed by atoms with Gasteiger partial charge in [-0.1, -0.05) is 43.5 Å². The van der Waals surface area contributed by atoms with E-state index in [-0.39, 0.29) is 11.4 Å². The molecule has 0 radical (unpaired) electrons. The van der Waals surface area contributed by atoms with Gasteiger partial charge in [0.2, 0.25) is 0 Å². The Morgan fingerprint density at radius 3 is 2.62 bits per heavy atom. The van der Waals surface area contributed by atoms with E-state index in [0.717, 1.165) is 48.9 Å². The van der Waals surface area contributed by atoms with Crippen LogP contribution in [0.4, 0.5) is 4.79 Å². The van der Waals surface area contributed by atoms with E-state index in [2.05, 4.69) is 17.5 Å². The smallest absolute Gasteiger partial charge is 0.322 e. The second-order valence-electron chi connectivity index (χ2n) is 7.57. The fraction of sp³-hybridized carbons (Fsp3) is 0.524. The summed E-state index contributed by atoms with van der Waals surface area (Å²) >= 11 is 0. The summed E-state index contributed by atoms with van der Waals surface area (Å²) in [5, 5.41) is 13.1. The molecule has 136 valence electrons. The molecule has 0 bridgehead atoms. The van der Waals surface area contributed by atoms with Crippen molar-refractivity contribution in [2.24, 2.45) is 5.41 Å². The maximum Gasteiger partial charge on any atom is 0.322 e. The first-order valence-corrected chi connectivity index (χ1v) is 9.60. The third-order valence-corrected chi connectivity index (χ3v) is 6.05. The molecule has 5 heteroatoms. The molecule has 2 aliphatic carbocycles. The Balaban J connectivity index is 1.73. The Hall–Kier alpha value is -2.32. The molecule has 1 aromatic carbocycles. The molecule has 4 rings (SSSR count). The maximum atomic E-state index is 12.8. The molecule has 3 aliphatic rings. The lowest BCUT2D eigenvalue weighted by atomic mass is 9.62. The van der Waals surface area contributed by atoms with Gasteiger partial charge in [-0.05, 0) is 24.8 Å². The van der Waals surface area contributed by atoms with Crippen molar-refractivity contribution in [3.63, 3.8) is 0 Å². The summed E-state index contributed by atoms with van der Waals surface area (Å²) in [6.07, 6.45) is 6.50. The predicted octanol–water partition coefficient (Wildman–Crippen LogP) is 3.47. The SMILES string of the molecule is N#CC1=C(NC(=O)N2CCOCC2)c2ccccc2CC12CCCCC2. The Bertz CT molecular complexity index is 766. The van der Waals surface area contributed by atoms with Crippen LogP contribution in [-0.4, -0.2) is 37.2 Å². The van der Waals surface area contributed by atoms with Crippen LogP contribution in [0.15, 0.2) is 29.8 Å². The largest absolute Gasteiger partial charge is 0.378 e. The van der Waals surface area contributed by atoms with Gasteiger partial charge in [0.1, 0.15) is 0 Å². The monoisotopic (exact) mass is 351 g/mol. The average molecular weight is 351 g/mol. The summed E-state index contributed by atoms with van der Waals surface area (Å²) in [6.45, 7) is 2.32. The fourth-order valence-corrected chi connectivity index (χ4v) is 4.68. The molecule has 2 amide bonds. The van der Waals surface area contributed by atoms with Crippen molar-refractivity contribution in [1.29, 1.82) is 5.26 Å². The third-order valence-electron chi connectivity index (χ3n) is 6.05. The number of nitrogens with one attached hydrogen (secondary N) is 1. The van der Waals surface area contributed by atoms with E-state index in [4.69, 9.17) is 4.74 Å². The quantitative estimate of drug-likeness (QED) is 0.842. The van der Waals surface area contributed by atoms with Crippen LogP contribution < -0.4 is 5.32 Å². The highest BCUT2D eigenvalue weighted by Gasteiger charge is 2.42. The number of nitrogens with zero attached hydrogens (tertiary/aromatic N) is 2. The molecule has 1 aromatic rings. The highest BCUT2D eigenvalue weighted by atomic mass is 16.5. The van der Waals surface area contributed by atoms with Gasteiger partial charge in [0.25, 0.3) is 0 Å². The number of fused-ring (bicyclic) bond motifs is 1. The molecular weight excluding hydrogens is 326 g/mol. The second kappa shape index (κ2) is 7.13. The Kier molecular flexibility index (Phi) is 4.69. The zero-order chi connectivity index (χ0) is 18.0. The van der Waals surface area contributed by atoms with Crippen molar-refractivity contribution in [3.05, 3.63) is 41.0 Å². The molecule has 1 aliphatic heterocycles. The lowest BCUT2D eigenvalue weighted by molar-refractivity contribution is 0.0541. The van der Waals surface area contributed by atoms with E-state index in [9.17, 15) is 10.1 Å². The number of rotatable bonds is 1. The van der Waals surface area contributed by atoms with Crippen molar-refractivity contribution in [2.45, 2.75) is 38.5 Å². The molecule has 5 nitrogen and oxygen atoms in total. The number of carbonyl (C=O) groups excluding carboxylic acids is 1. The molecule has 1 heterocycles. The Morgan fingerprint density at radius 2 is 1.88 bits per heavy atom. The van der Waals surface area contributed by atoms with Crippen LogP contribution in [0.25, 0.3) is 5.70 Å². The topological polar surface area (TPSA) is 65.4 Å².